The second-order valence-electron chi connectivity index (χ2n) is 5.58. The summed E-state index contributed by atoms with van der Waals surface area (Å²) in [5.41, 5.74) is 1.14. The summed E-state index contributed by atoms with van der Waals surface area (Å²) in [7, 11) is 0. The highest BCUT2D eigenvalue weighted by Crippen LogP contribution is 2.40. The first-order valence-corrected chi connectivity index (χ1v) is 7.25. The Morgan fingerprint density at radius 3 is 2.72 bits per heavy atom. The largest absolute Gasteiger partial charge is 0.490 e. The van der Waals surface area contributed by atoms with E-state index in [9.17, 15) is 0 Å². The van der Waals surface area contributed by atoms with E-state index < -0.39 is 0 Å². The van der Waals surface area contributed by atoms with Gasteiger partial charge in [0, 0.05) is 17.5 Å². The molecule has 0 spiro atoms. The van der Waals surface area contributed by atoms with Crippen molar-refractivity contribution in [1.82, 2.24) is 5.32 Å². The molecule has 3 rings (SSSR count). The van der Waals surface area contributed by atoms with Crippen LogP contribution in [0.15, 0.2) is 18.2 Å². The van der Waals surface area contributed by atoms with Crippen molar-refractivity contribution < 1.29 is 4.74 Å². The van der Waals surface area contributed by atoms with Gasteiger partial charge in [-0.2, -0.15) is 0 Å². The Balaban J connectivity index is 1.75. The lowest BCUT2D eigenvalue weighted by Crippen LogP contribution is -2.31. The maximum Gasteiger partial charge on any atom is 0.122 e. The smallest absolute Gasteiger partial charge is 0.122 e. The number of hydrogen-bond acceptors (Lipinski definition) is 2. The van der Waals surface area contributed by atoms with Crippen molar-refractivity contribution in [2.24, 2.45) is 11.8 Å². The first-order chi connectivity index (χ1) is 8.74. The van der Waals surface area contributed by atoms with Crippen molar-refractivity contribution in [2.75, 3.05) is 13.1 Å². The van der Waals surface area contributed by atoms with Crippen LogP contribution in [0.3, 0.4) is 0 Å². The molecule has 2 atom stereocenters. The van der Waals surface area contributed by atoms with Crippen LogP contribution in [0.5, 0.6) is 5.75 Å². The van der Waals surface area contributed by atoms with Gasteiger partial charge in [-0.25, -0.2) is 0 Å². The summed E-state index contributed by atoms with van der Waals surface area (Å²) in [5, 5.41) is 4.23. The number of hydrogen-bond donors (Lipinski definition) is 1. The molecular weight excluding hydrogens is 246 g/mol. The van der Waals surface area contributed by atoms with Crippen molar-refractivity contribution >= 4 is 11.6 Å². The molecule has 0 bridgehead atoms. The van der Waals surface area contributed by atoms with E-state index in [0.29, 0.717) is 12.0 Å². The van der Waals surface area contributed by atoms with Gasteiger partial charge in [-0.3, -0.25) is 0 Å². The Morgan fingerprint density at radius 1 is 1.28 bits per heavy atom. The molecule has 1 N–H and O–H groups in total. The summed E-state index contributed by atoms with van der Waals surface area (Å²) in [4.78, 5) is 0. The van der Waals surface area contributed by atoms with Crippen molar-refractivity contribution in [1.29, 1.82) is 0 Å². The van der Waals surface area contributed by atoms with Gasteiger partial charge in [-0.15, -0.1) is 0 Å². The quantitative estimate of drug-likeness (QED) is 0.901. The van der Waals surface area contributed by atoms with E-state index in [1.165, 1.54) is 19.3 Å². The van der Waals surface area contributed by atoms with Crippen molar-refractivity contribution in [3.8, 4) is 5.75 Å². The molecule has 1 aromatic carbocycles. The second-order valence-corrected chi connectivity index (χ2v) is 6.02. The van der Waals surface area contributed by atoms with Gasteiger partial charge in [-0.05, 0) is 62.4 Å². The van der Waals surface area contributed by atoms with E-state index in [2.05, 4.69) is 12.2 Å². The number of rotatable bonds is 4. The van der Waals surface area contributed by atoms with E-state index in [-0.39, 0.29) is 0 Å². The normalized spacial score (nSPS) is 25.1. The van der Waals surface area contributed by atoms with Gasteiger partial charge in [0.25, 0.3) is 0 Å². The second kappa shape index (κ2) is 5.10. The fourth-order valence-electron chi connectivity index (χ4n) is 2.85. The fourth-order valence-corrected chi connectivity index (χ4v) is 3.08. The minimum Gasteiger partial charge on any atom is -0.490 e. The van der Waals surface area contributed by atoms with Gasteiger partial charge in [-0.1, -0.05) is 11.6 Å². The topological polar surface area (TPSA) is 21.3 Å². The molecule has 3 heteroatoms. The van der Waals surface area contributed by atoms with Crippen LogP contribution in [-0.4, -0.2) is 19.2 Å². The number of nitrogens with one attached hydrogen (secondary N) is 1. The van der Waals surface area contributed by atoms with Gasteiger partial charge in [0.15, 0.2) is 0 Å². The molecule has 1 saturated carbocycles. The first-order valence-electron chi connectivity index (χ1n) is 6.87. The zero-order valence-corrected chi connectivity index (χ0v) is 11.5. The highest BCUT2D eigenvalue weighted by atomic mass is 35.5. The maximum absolute atomic E-state index is 6.31. The van der Waals surface area contributed by atoms with Crippen molar-refractivity contribution in [3.63, 3.8) is 0 Å². The van der Waals surface area contributed by atoms with Crippen LogP contribution >= 0.6 is 11.6 Å². The van der Waals surface area contributed by atoms with Crippen LogP contribution in [0.4, 0.5) is 0 Å². The van der Waals surface area contributed by atoms with E-state index in [1.54, 1.807) is 0 Å². The zero-order valence-electron chi connectivity index (χ0n) is 10.8. The van der Waals surface area contributed by atoms with Crippen LogP contribution in [-0.2, 0) is 0 Å². The third kappa shape index (κ3) is 2.65. The molecule has 2 fully saturated rings. The van der Waals surface area contributed by atoms with E-state index in [4.69, 9.17) is 16.3 Å². The fraction of sp³-hybridized carbons (Fsp3) is 0.600. The van der Waals surface area contributed by atoms with Crippen LogP contribution in [0, 0.1) is 18.8 Å². The predicted octanol–water partition coefficient (Wildman–Crippen LogP) is 3.42. The highest BCUT2D eigenvalue weighted by Gasteiger charge is 2.39. The molecule has 1 heterocycles. The summed E-state index contributed by atoms with van der Waals surface area (Å²) >= 11 is 5.99. The first kappa shape index (κ1) is 12.3. The van der Waals surface area contributed by atoms with Gasteiger partial charge in [0.05, 0.1) is 0 Å². The zero-order chi connectivity index (χ0) is 12.5. The van der Waals surface area contributed by atoms with E-state index in [1.807, 2.05) is 18.2 Å². The van der Waals surface area contributed by atoms with Crippen molar-refractivity contribution in [2.45, 2.75) is 32.3 Å². The van der Waals surface area contributed by atoms with Gasteiger partial charge in [0.2, 0.25) is 0 Å². The van der Waals surface area contributed by atoms with Crippen LogP contribution in [0.1, 0.15) is 24.8 Å². The molecule has 18 heavy (non-hydrogen) atoms. The third-order valence-corrected chi connectivity index (χ3v) is 4.28. The molecule has 2 aliphatic rings. The summed E-state index contributed by atoms with van der Waals surface area (Å²) in [6, 6.07) is 5.91. The molecule has 1 saturated heterocycles. The van der Waals surface area contributed by atoms with Crippen LogP contribution < -0.4 is 10.1 Å². The highest BCUT2D eigenvalue weighted by molar-refractivity contribution is 6.30. The SMILES string of the molecule is Cc1cc(Cl)ccc1O[C@@H](C1CC1)[C@@H]1CCNC1. The number of ether oxygens (including phenoxy) is 1. The summed E-state index contributed by atoms with van der Waals surface area (Å²) in [5.74, 6) is 2.45. The monoisotopic (exact) mass is 265 g/mol. The lowest BCUT2D eigenvalue weighted by molar-refractivity contribution is 0.120. The summed E-state index contributed by atoms with van der Waals surface area (Å²) in [6.45, 7) is 4.31. The predicted molar refractivity (Wildman–Crippen MR) is 74.3 cm³/mol. The number of halogens is 1. The maximum atomic E-state index is 6.31. The third-order valence-electron chi connectivity index (χ3n) is 4.05. The Bertz CT molecular complexity index is 425. The molecule has 1 aromatic rings. The molecular formula is C15H20ClNO. The minimum absolute atomic E-state index is 0.389. The molecule has 1 aliphatic carbocycles. The van der Waals surface area contributed by atoms with Gasteiger partial charge >= 0.3 is 0 Å². The minimum atomic E-state index is 0.389. The average Bonchev–Trinajstić information content (AvgIpc) is 3.03. The van der Waals surface area contributed by atoms with Gasteiger partial charge < -0.3 is 10.1 Å². The Kier molecular flexibility index (Phi) is 3.49. The van der Waals surface area contributed by atoms with Gasteiger partial charge in [0.1, 0.15) is 11.9 Å². The molecule has 1 aliphatic heterocycles. The Labute approximate surface area is 114 Å². The number of benzene rings is 1. The average molecular weight is 266 g/mol. The molecule has 0 amide bonds. The molecule has 0 aromatic heterocycles. The van der Waals surface area contributed by atoms with Crippen LogP contribution in [0.25, 0.3) is 0 Å². The van der Waals surface area contributed by atoms with E-state index in [0.717, 1.165) is 35.3 Å². The standard InChI is InChI=1S/C15H20ClNO/c1-10-8-13(16)4-5-14(10)18-15(11-2-3-11)12-6-7-17-9-12/h4-5,8,11-12,15,17H,2-3,6-7,9H2,1H3/t12-,15+/m1/s1. The molecule has 2 nitrogen and oxygen atoms in total. The van der Waals surface area contributed by atoms with Crippen LogP contribution in [0.2, 0.25) is 5.02 Å². The summed E-state index contributed by atoms with van der Waals surface area (Å²) < 4.78 is 6.31. The Morgan fingerprint density at radius 2 is 2.11 bits per heavy atom. The number of aryl methyl sites for hydroxylation is 1. The lowest BCUT2D eigenvalue weighted by Gasteiger charge is -2.25. The lowest BCUT2D eigenvalue weighted by atomic mass is 9.97. The van der Waals surface area contributed by atoms with Crippen molar-refractivity contribution in [3.05, 3.63) is 28.8 Å². The molecule has 0 unspecified atom stereocenters. The summed E-state index contributed by atoms with van der Waals surface area (Å²) in [6.07, 6.45) is 4.29. The Hall–Kier alpha value is -0.730. The van der Waals surface area contributed by atoms with E-state index >= 15 is 0 Å². The molecule has 98 valence electrons. The molecule has 0 radical (unpaired) electrons.